The highest BCUT2D eigenvalue weighted by atomic mass is 32.1. The molecule has 1 aromatic heterocycles. The van der Waals surface area contributed by atoms with E-state index in [0.717, 1.165) is 23.7 Å². The molecule has 3 nitrogen and oxygen atoms in total. The second-order valence-electron chi connectivity index (χ2n) is 6.73. The molecule has 0 radical (unpaired) electrons. The van der Waals surface area contributed by atoms with Gasteiger partial charge >= 0.3 is 0 Å². The molecule has 1 saturated carbocycles. The van der Waals surface area contributed by atoms with E-state index in [1.807, 2.05) is 0 Å². The summed E-state index contributed by atoms with van der Waals surface area (Å²) < 4.78 is 0. The minimum absolute atomic E-state index is 0.147. The average Bonchev–Trinajstić information content (AvgIpc) is 3.16. The van der Waals surface area contributed by atoms with E-state index >= 15 is 0 Å². The van der Waals surface area contributed by atoms with Crippen LogP contribution in [-0.4, -0.2) is 10.9 Å². The first-order valence-electron chi connectivity index (χ1n) is 8.65. The second-order valence-corrected chi connectivity index (χ2v) is 7.73. The number of aromatic nitrogens is 1. The maximum Gasteiger partial charge on any atom is 0.229 e. The third kappa shape index (κ3) is 2.09. The highest BCUT2D eigenvalue weighted by Gasteiger charge is 2.27. The Hall–Kier alpha value is -2.20. The van der Waals surface area contributed by atoms with Crippen molar-refractivity contribution in [2.75, 3.05) is 5.32 Å². The van der Waals surface area contributed by atoms with Crippen molar-refractivity contribution < 1.29 is 4.79 Å². The quantitative estimate of drug-likeness (QED) is 0.529. The van der Waals surface area contributed by atoms with Crippen LogP contribution in [0.25, 0.3) is 32.5 Å². The fraction of sp³-hybridized carbons (Fsp3) is 0.300. The first-order valence-corrected chi connectivity index (χ1v) is 9.47. The van der Waals surface area contributed by atoms with Crippen LogP contribution in [-0.2, 0) is 4.79 Å². The van der Waals surface area contributed by atoms with E-state index in [-0.39, 0.29) is 11.8 Å². The third-order valence-electron chi connectivity index (χ3n) is 5.24. The number of nitrogens with one attached hydrogen (secondary N) is 1. The Morgan fingerprint density at radius 2 is 1.79 bits per heavy atom. The minimum Gasteiger partial charge on any atom is -0.302 e. The minimum atomic E-state index is 0.147. The maximum atomic E-state index is 12.5. The summed E-state index contributed by atoms with van der Waals surface area (Å²) >= 11 is 1.60. The molecule has 1 heterocycles. The lowest BCUT2D eigenvalue weighted by molar-refractivity contribution is -0.120. The fourth-order valence-electron chi connectivity index (χ4n) is 4.04. The SMILES string of the molecule is O=C(Nc1nc2c(s1)-c1cccc3cccc-2c13)C1CCCCC1. The standard InChI is InChI=1S/C20H18N2OS/c23-19(13-6-2-1-3-7-13)22-20-21-17-14-10-4-8-12-9-5-11-15(16(12)14)18(17)24-20/h4-5,8-11,13H,1-3,6-7H2,(H,21,22,23). The van der Waals surface area contributed by atoms with E-state index in [2.05, 4.69) is 41.7 Å². The summed E-state index contributed by atoms with van der Waals surface area (Å²) in [5.74, 6) is 0.307. The molecule has 2 aromatic carbocycles. The smallest absolute Gasteiger partial charge is 0.229 e. The van der Waals surface area contributed by atoms with Gasteiger partial charge in [0, 0.05) is 17.0 Å². The summed E-state index contributed by atoms with van der Waals surface area (Å²) in [6.45, 7) is 0. The van der Waals surface area contributed by atoms with Crippen molar-refractivity contribution in [3.05, 3.63) is 36.4 Å². The summed E-state index contributed by atoms with van der Waals surface area (Å²) in [6.07, 6.45) is 5.62. The molecule has 0 spiro atoms. The normalized spacial score (nSPS) is 16.3. The molecule has 120 valence electrons. The first kappa shape index (κ1) is 14.2. The Bertz CT molecular complexity index is 897. The van der Waals surface area contributed by atoms with E-state index < -0.39 is 0 Å². The van der Waals surface area contributed by atoms with Crippen LogP contribution in [0.2, 0.25) is 0 Å². The molecule has 0 unspecified atom stereocenters. The van der Waals surface area contributed by atoms with Gasteiger partial charge in [-0.05, 0) is 23.6 Å². The van der Waals surface area contributed by atoms with Crippen LogP contribution < -0.4 is 5.32 Å². The summed E-state index contributed by atoms with van der Waals surface area (Å²) in [5.41, 5.74) is 3.45. The largest absolute Gasteiger partial charge is 0.302 e. The summed E-state index contributed by atoms with van der Waals surface area (Å²) in [6, 6.07) is 12.7. The Morgan fingerprint density at radius 3 is 2.58 bits per heavy atom. The van der Waals surface area contributed by atoms with E-state index in [1.165, 1.54) is 46.0 Å². The number of carbonyl (C=O) groups is 1. The molecule has 1 fully saturated rings. The first-order chi connectivity index (χ1) is 11.8. The molecule has 1 amide bonds. The Morgan fingerprint density at radius 1 is 1.04 bits per heavy atom. The van der Waals surface area contributed by atoms with E-state index in [1.54, 1.807) is 11.3 Å². The van der Waals surface area contributed by atoms with Gasteiger partial charge in [0.25, 0.3) is 0 Å². The van der Waals surface area contributed by atoms with Crippen molar-refractivity contribution in [3.63, 3.8) is 0 Å². The number of hydrogen-bond acceptors (Lipinski definition) is 3. The topological polar surface area (TPSA) is 42.0 Å². The maximum absolute atomic E-state index is 12.5. The van der Waals surface area contributed by atoms with Gasteiger partial charge in [0.05, 0.1) is 10.6 Å². The molecule has 4 heteroatoms. The number of nitrogens with zero attached hydrogens (tertiary/aromatic N) is 1. The Balaban J connectivity index is 1.49. The lowest BCUT2D eigenvalue weighted by Crippen LogP contribution is -2.24. The predicted molar refractivity (Wildman–Crippen MR) is 99.3 cm³/mol. The number of anilines is 1. The number of carbonyl (C=O) groups excluding carboxylic acids is 1. The molecule has 5 rings (SSSR count). The van der Waals surface area contributed by atoms with Crippen LogP contribution in [0.3, 0.4) is 0 Å². The zero-order valence-electron chi connectivity index (χ0n) is 13.3. The molecule has 2 aliphatic rings. The molecular formula is C20H18N2OS. The fourth-order valence-corrected chi connectivity index (χ4v) is 5.05. The predicted octanol–water partition coefficient (Wildman–Crippen LogP) is 5.46. The van der Waals surface area contributed by atoms with Crippen LogP contribution in [0.5, 0.6) is 0 Å². The van der Waals surface area contributed by atoms with Crippen molar-refractivity contribution in [1.29, 1.82) is 0 Å². The Labute approximate surface area is 144 Å². The summed E-state index contributed by atoms with van der Waals surface area (Å²) in [7, 11) is 0. The number of hydrogen-bond donors (Lipinski definition) is 1. The van der Waals surface area contributed by atoms with Gasteiger partial charge in [0.1, 0.15) is 0 Å². The molecule has 2 aliphatic carbocycles. The van der Waals surface area contributed by atoms with Crippen molar-refractivity contribution in [2.45, 2.75) is 32.1 Å². The molecule has 0 aliphatic heterocycles. The monoisotopic (exact) mass is 334 g/mol. The van der Waals surface area contributed by atoms with Crippen LogP contribution in [0.15, 0.2) is 36.4 Å². The third-order valence-corrected chi connectivity index (χ3v) is 6.24. The molecule has 0 saturated heterocycles. The molecule has 3 aromatic rings. The number of rotatable bonds is 2. The molecule has 1 N–H and O–H groups in total. The van der Waals surface area contributed by atoms with Crippen molar-refractivity contribution >= 4 is 33.1 Å². The van der Waals surface area contributed by atoms with E-state index in [4.69, 9.17) is 4.98 Å². The molecule has 24 heavy (non-hydrogen) atoms. The summed E-state index contributed by atoms with van der Waals surface area (Å²) in [5, 5.41) is 6.35. The number of amides is 1. The zero-order chi connectivity index (χ0) is 16.1. The van der Waals surface area contributed by atoms with Gasteiger partial charge < -0.3 is 5.32 Å². The van der Waals surface area contributed by atoms with Gasteiger partial charge in [0.2, 0.25) is 5.91 Å². The highest BCUT2D eigenvalue weighted by molar-refractivity contribution is 7.20. The van der Waals surface area contributed by atoms with Crippen molar-refractivity contribution in [1.82, 2.24) is 4.98 Å². The van der Waals surface area contributed by atoms with Gasteiger partial charge in [-0.2, -0.15) is 0 Å². The van der Waals surface area contributed by atoms with Crippen molar-refractivity contribution in [2.24, 2.45) is 5.92 Å². The van der Waals surface area contributed by atoms with Gasteiger partial charge in [0.15, 0.2) is 5.13 Å². The van der Waals surface area contributed by atoms with Gasteiger partial charge in [-0.15, -0.1) is 0 Å². The van der Waals surface area contributed by atoms with Crippen LogP contribution in [0.1, 0.15) is 32.1 Å². The summed E-state index contributed by atoms with van der Waals surface area (Å²) in [4.78, 5) is 18.4. The number of thiazole rings is 1. The van der Waals surface area contributed by atoms with Crippen LogP contribution in [0, 0.1) is 5.92 Å². The lowest BCUT2D eigenvalue weighted by Gasteiger charge is -2.19. The lowest BCUT2D eigenvalue weighted by atomic mass is 9.89. The van der Waals surface area contributed by atoms with E-state index in [0.29, 0.717) is 0 Å². The second kappa shape index (κ2) is 5.42. The number of fused-ring (bicyclic) bond motifs is 3. The average molecular weight is 334 g/mol. The Kier molecular flexibility index (Phi) is 3.20. The van der Waals surface area contributed by atoms with E-state index in [9.17, 15) is 4.79 Å². The molecule has 0 atom stereocenters. The zero-order valence-corrected chi connectivity index (χ0v) is 14.2. The molecular weight excluding hydrogens is 316 g/mol. The molecule has 0 bridgehead atoms. The van der Waals surface area contributed by atoms with Gasteiger partial charge in [-0.3, -0.25) is 4.79 Å². The van der Waals surface area contributed by atoms with Gasteiger partial charge in [-0.25, -0.2) is 4.98 Å². The van der Waals surface area contributed by atoms with Crippen LogP contribution >= 0.6 is 11.3 Å². The highest BCUT2D eigenvalue weighted by Crippen LogP contribution is 2.50. The van der Waals surface area contributed by atoms with Crippen LogP contribution in [0.4, 0.5) is 5.13 Å². The van der Waals surface area contributed by atoms with Gasteiger partial charge in [-0.1, -0.05) is 67.0 Å². The van der Waals surface area contributed by atoms with Crippen molar-refractivity contribution in [3.8, 4) is 21.7 Å². The number of benzene rings is 2.